The van der Waals surface area contributed by atoms with Gasteiger partial charge in [0.15, 0.2) is 6.61 Å². The zero-order chi connectivity index (χ0) is 19.6. The SMILES string of the molecule is CN(C(=O)COc1ccc(F)c(Cl)c1)[C@@H]1CC[C@@H](N2CCNC(=O)C2)[C@@H]1O. The molecule has 7 nitrogen and oxygen atoms in total. The van der Waals surface area contributed by atoms with Gasteiger partial charge in [-0.05, 0) is 25.0 Å². The van der Waals surface area contributed by atoms with Crippen LogP contribution in [0.2, 0.25) is 5.02 Å². The summed E-state index contributed by atoms with van der Waals surface area (Å²) in [6, 6.07) is 3.40. The Morgan fingerprint density at radius 1 is 1.48 bits per heavy atom. The summed E-state index contributed by atoms with van der Waals surface area (Å²) in [7, 11) is 1.63. The van der Waals surface area contributed by atoms with Gasteiger partial charge in [-0.15, -0.1) is 0 Å². The number of aliphatic hydroxyl groups is 1. The van der Waals surface area contributed by atoms with Crippen LogP contribution >= 0.6 is 11.6 Å². The highest BCUT2D eigenvalue weighted by Crippen LogP contribution is 2.29. The summed E-state index contributed by atoms with van der Waals surface area (Å²) in [6.45, 7) is 1.28. The Kier molecular flexibility index (Phi) is 6.18. The van der Waals surface area contributed by atoms with Gasteiger partial charge in [-0.2, -0.15) is 0 Å². The summed E-state index contributed by atoms with van der Waals surface area (Å²) < 4.78 is 18.6. The molecule has 1 saturated heterocycles. The maximum Gasteiger partial charge on any atom is 0.260 e. The molecule has 2 N–H and O–H groups in total. The van der Waals surface area contributed by atoms with E-state index in [0.29, 0.717) is 31.7 Å². The average molecular weight is 400 g/mol. The number of carbonyl (C=O) groups excluding carboxylic acids is 2. The van der Waals surface area contributed by atoms with Crippen LogP contribution in [0, 0.1) is 5.82 Å². The maximum absolute atomic E-state index is 13.2. The number of ether oxygens (including phenoxy) is 1. The molecule has 0 aromatic heterocycles. The fourth-order valence-corrected chi connectivity index (χ4v) is 3.87. The van der Waals surface area contributed by atoms with Crippen LogP contribution < -0.4 is 10.1 Å². The minimum Gasteiger partial charge on any atom is -0.484 e. The van der Waals surface area contributed by atoms with E-state index in [-0.39, 0.29) is 42.1 Å². The first-order chi connectivity index (χ1) is 12.9. The normalized spacial score (nSPS) is 25.9. The first-order valence-corrected chi connectivity index (χ1v) is 9.27. The zero-order valence-corrected chi connectivity index (χ0v) is 15.8. The number of piperazine rings is 1. The third-order valence-electron chi connectivity index (χ3n) is 5.23. The zero-order valence-electron chi connectivity index (χ0n) is 15.0. The van der Waals surface area contributed by atoms with Crippen molar-refractivity contribution in [3.05, 3.63) is 29.0 Å². The Bertz CT molecular complexity index is 720. The number of nitrogens with zero attached hydrogens (tertiary/aromatic N) is 2. The van der Waals surface area contributed by atoms with Crippen molar-refractivity contribution in [2.45, 2.75) is 31.0 Å². The molecule has 1 aromatic carbocycles. The van der Waals surface area contributed by atoms with Crippen LogP contribution in [0.4, 0.5) is 4.39 Å². The van der Waals surface area contributed by atoms with E-state index in [1.807, 2.05) is 4.90 Å². The molecule has 0 radical (unpaired) electrons. The van der Waals surface area contributed by atoms with Gasteiger partial charge in [0.25, 0.3) is 5.91 Å². The van der Waals surface area contributed by atoms with Gasteiger partial charge in [-0.25, -0.2) is 4.39 Å². The molecule has 1 saturated carbocycles. The lowest BCUT2D eigenvalue weighted by Gasteiger charge is -2.35. The number of nitrogens with one attached hydrogen (secondary N) is 1. The van der Waals surface area contributed by atoms with Crippen LogP contribution in [0.5, 0.6) is 5.75 Å². The van der Waals surface area contributed by atoms with E-state index in [1.165, 1.54) is 23.1 Å². The van der Waals surface area contributed by atoms with E-state index in [9.17, 15) is 19.1 Å². The summed E-state index contributed by atoms with van der Waals surface area (Å²) in [5.74, 6) is -0.601. The Balaban J connectivity index is 1.55. The van der Waals surface area contributed by atoms with Gasteiger partial charge in [-0.1, -0.05) is 11.6 Å². The fraction of sp³-hybridized carbons (Fsp3) is 0.556. The van der Waals surface area contributed by atoms with Crippen molar-refractivity contribution in [2.75, 3.05) is 33.3 Å². The molecule has 1 aliphatic heterocycles. The van der Waals surface area contributed by atoms with E-state index < -0.39 is 11.9 Å². The molecule has 148 valence electrons. The second-order valence-corrected chi connectivity index (χ2v) is 7.30. The van der Waals surface area contributed by atoms with Crippen LogP contribution in [-0.2, 0) is 9.59 Å². The van der Waals surface area contributed by atoms with Crippen molar-refractivity contribution in [1.82, 2.24) is 15.1 Å². The fourth-order valence-electron chi connectivity index (χ4n) is 3.70. The number of halogens is 2. The van der Waals surface area contributed by atoms with E-state index in [1.54, 1.807) is 7.05 Å². The van der Waals surface area contributed by atoms with Crippen molar-refractivity contribution in [3.8, 4) is 5.75 Å². The van der Waals surface area contributed by atoms with Crippen LogP contribution in [0.3, 0.4) is 0 Å². The lowest BCUT2D eigenvalue weighted by molar-refractivity contribution is -0.137. The predicted molar refractivity (Wildman–Crippen MR) is 97.1 cm³/mol. The first kappa shape index (κ1) is 19.9. The molecule has 3 rings (SSSR count). The van der Waals surface area contributed by atoms with Crippen molar-refractivity contribution in [3.63, 3.8) is 0 Å². The van der Waals surface area contributed by atoms with E-state index in [4.69, 9.17) is 16.3 Å². The molecule has 2 aliphatic rings. The number of likely N-dealkylation sites (N-methyl/N-ethyl adjacent to an activating group) is 1. The molecule has 1 aliphatic carbocycles. The molecule has 9 heteroatoms. The summed E-state index contributed by atoms with van der Waals surface area (Å²) >= 11 is 5.70. The Labute approximate surface area is 162 Å². The largest absolute Gasteiger partial charge is 0.484 e. The molecule has 3 atom stereocenters. The molecule has 1 heterocycles. The van der Waals surface area contributed by atoms with Gasteiger partial charge in [0.2, 0.25) is 5.91 Å². The van der Waals surface area contributed by atoms with Gasteiger partial charge < -0.3 is 20.1 Å². The first-order valence-electron chi connectivity index (χ1n) is 8.89. The molecule has 0 bridgehead atoms. The lowest BCUT2D eigenvalue weighted by Crippen LogP contribution is -2.56. The van der Waals surface area contributed by atoms with Crippen LogP contribution in [0.1, 0.15) is 12.8 Å². The Morgan fingerprint density at radius 2 is 2.26 bits per heavy atom. The van der Waals surface area contributed by atoms with Gasteiger partial charge in [0.1, 0.15) is 11.6 Å². The Hall–Kier alpha value is -1.90. The van der Waals surface area contributed by atoms with E-state index in [0.717, 1.165) is 0 Å². The number of benzene rings is 1. The molecule has 2 fully saturated rings. The standard InChI is InChI=1S/C18H23ClFN3O4/c1-22(17(25)10-27-11-2-3-13(20)12(19)8-11)14-4-5-15(18(14)26)23-7-6-21-16(24)9-23/h2-3,8,14-15,18,26H,4-7,9-10H2,1H3,(H,21,24)/t14-,15-,18-/m1/s1. The highest BCUT2D eigenvalue weighted by molar-refractivity contribution is 6.30. The van der Waals surface area contributed by atoms with Crippen LogP contribution in [-0.4, -0.2) is 78.2 Å². The van der Waals surface area contributed by atoms with Crippen molar-refractivity contribution >= 4 is 23.4 Å². The van der Waals surface area contributed by atoms with E-state index in [2.05, 4.69) is 5.32 Å². The number of hydrogen-bond acceptors (Lipinski definition) is 5. The smallest absolute Gasteiger partial charge is 0.260 e. The number of amides is 2. The maximum atomic E-state index is 13.2. The number of aliphatic hydroxyl groups excluding tert-OH is 1. The monoisotopic (exact) mass is 399 g/mol. The summed E-state index contributed by atoms with van der Waals surface area (Å²) in [5.41, 5.74) is 0. The molecule has 0 spiro atoms. The highest BCUT2D eigenvalue weighted by atomic mass is 35.5. The average Bonchev–Trinajstić information content (AvgIpc) is 3.03. The summed E-state index contributed by atoms with van der Waals surface area (Å²) in [4.78, 5) is 27.5. The third-order valence-corrected chi connectivity index (χ3v) is 5.52. The quantitative estimate of drug-likeness (QED) is 0.759. The van der Waals surface area contributed by atoms with Crippen LogP contribution in [0.15, 0.2) is 18.2 Å². The molecular weight excluding hydrogens is 377 g/mol. The minimum absolute atomic E-state index is 0.0484. The van der Waals surface area contributed by atoms with Crippen molar-refractivity contribution in [1.29, 1.82) is 0 Å². The molecule has 2 amide bonds. The van der Waals surface area contributed by atoms with Gasteiger partial charge >= 0.3 is 0 Å². The lowest BCUT2D eigenvalue weighted by atomic mass is 10.1. The van der Waals surface area contributed by atoms with E-state index >= 15 is 0 Å². The molecule has 1 aromatic rings. The predicted octanol–water partition coefficient (Wildman–Crippen LogP) is 0.640. The minimum atomic E-state index is -0.731. The molecular formula is C18H23ClFN3O4. The molecule has 27 heavy (non-hydrogen) atoms. The van der Waals surface area contributed by atoms with Gasteiger partial charge in [0.05, 0.1) is 23.7 Å². The van der Waals surface area contributed by atoms with Crippen LogP contribution in [0.25, 0.3) is 0 Å². The number of hydrogen-bond donors (Lipinski definition) is 2. The third kappa shape index (κ3) is 4.51. The summed E-state index contributed by atoms with van der Waals surface area (Å²) in [5, 5.41) is 13.4. The van der Waals surface area contributed by atoms with Gasteiger partial charge in [-0.3, -0.25) is 14.5 Å². The van der Waals surface area contributed by atoms with Crippen molar-refractivity contribution in [2.24, 2.45) is 0 Å². The second kappa shape index (κ2) is 8.41. The second-order valence-electron chi connectivity index (χ2n) is 6.89. The Morgan fingerprint density at radius 3 is 2.96 bits per heavy atom. The summed E-state index contributed by atoms with van der Waals surface area (Å²) in [6.07, 6.45) is 0.629. The van der Waals surface area contributed by atoms with Crippen molar-refractivity contribution < 1.29 is 23.8 Å². The van der Waals surface area contributed by atoms with Gasteiger partial charge in [0, 0.05) is 32.2 Å². The highest BCUT2D eigenvalue weighted by Gasteiger charge is 2.42. The topological polar surface area (TPSA) is 82.1 Å². The number of rotatable bonds is 5. The number of carbonyl (C=O) groups is 2. The molecule has 0 unspecified atom stereocenters.